The number of nitrogens with zero attached hydrogens (tertiary/aromatic N) is 1. The predicted molar refractivity (Wildman–Crippen MR) is 46.4 cm³/mol. The SMILES string of the molecule is CC(C)[C@H]1OCN(C)C[C@H]1C. The summed E-state index contributed by atoms with van der Waals surface area (Å²) in [5.74, 6) is 1.33. The molecule has 1 rings (SSSR count). The summed E-state index contributed by atoms with van der Waals surface area (Å²) in [4.78, 5) is 2.23. The van der Waals surface area contributed by atoms with Gasteiger partial charge in [-0.1, -0.05) is 20.8 Å². The first-order valence-corrected chi connectivity index (χ1v) is 4.41. The summed E-state index contributed by atoms with van der Waals surface area (Å²) in [5, 5.41) is 0. The summed E-state index contributed by atoms with van der Waals surface area (Å²) >= 11 is 0. The second-order valence-electron chi connectivity index (χ2n) is 4.02. The van der Waals surface area contributed by atoms with Gasteiger partial charge in [0.2, 0.25) is 0 Å². The van der Waals surface area contributed by atoms with Crippen LogP contribution in [-0.4, -0.2) is 31.3 Å². The molecule has 0 bridgehead atoms. The maximum absolute atomic E-state index is 5.69. The molecule has 2 nitrogen and oxygen atoms in total. The molecule has 0 spiro atoms. The summed E-state index contributed by atoms with van der Waals surface area (Å²) in [6, 6.07) is 0. The molecule has 0 aromatic rings. The Morgan fingerprint density at radius 1 is 1.45 bits per heavy atom. The van der Waals surface area contributed by atoms with Crippen LogP contribution in [0, 0.1) is 11.8 Å². The summed E-state index contributed by atoms with van der Waals surface area (Å²) in [5.41, 5.74) is 0. The zero-order valence-electron chi connectivity index (χ0n) is 8.00. The molecule has 0 amide bonds. The van der Waals surface area contributed by atoms with E-state index in [0.29, 0.717) is 17.9 Å². The lowest BCUT2D eigenvalue weighted by Crippen LogP contribution is -2.43. The highest BCUT2D eigenvalue weighted by molar-refractivity contribution is 4.75. The Hall–Kier alpha value is -0.0800. The lowest BCUT2D eigenvalue weighted by molar-refractivity contribution is -0.107. The topological polar surface area (TPSA) is 12.5 Å². The largest absolute Gasteiger partial charge is 0.362 e. The molecule has 1 heterocycles. The molecule has 0 N–H and O–H groups in total. The van der Waals surface area contributed by atoms with Gasteiger partial charge in [0.15, 0.2) is 0 Å². The lowest BCUT2D eigenvalue weighted by atomic mass is 9.93. The van der Waals surface area contributed by atoms with Crippen LogP contribution in [0.5, 0.6) is 0 Å². The predicted octanol–water partition coefficient (Wildman–Crippen LogP) is 1.57. The van der Waals surface area contributed by atoms with E-state index >= 15 is 0 Å². The Morgan fingerprint density at radius 3 is 2.55 bits per heavy atom. The minimum atomic E-state index is 0.464. The minimum Gasteiger partial charge on any atom is -0.362 e. The molecule has 1 aliphatic rings. The van der Waals surface area contributed by atoms with Gasteiger partial charge in [-0.15, -0.1) is 0 Å². The van der Waals surface area contributed by atoms with Crippen LogP contribution >= 0.6 is 0 Å². The number of hydrogen-bond donors (Lipinski definition) is 0. The third kappa shape index (κ3) is 2.17. The van der Waals surface area contributed by atoms with Gasteiger partial charge < -0.3 is 4.74 Å². The molecule has 66 valence electrons. The highest BCUT2D eigenvalue weighted by atomic mass is 16.5. The summed E-state index contributed by atoms with van der Waals surface area (Å²) in [6.07, 6.45) is 0.464. The fourth-order valence-electron chi connectivity index (χ4n) is 1.88. The first-order valence-electron chi connectivity index (χ1n) is 4.41. The molecule has 2 heteroatoms. The van der Waals surface area contributed by atoms with Gasteiger partial charge in [-0.25, -0.2) is 0 Å². The van der Waals surface area contributed by atoms with Crippen molar-refractivity contribution < 1.29 is 4.74 Å². The highest BCUT2D eigenvalue weighted by Crippen LogP contribution is 2.21. The molecule has 1 fully saturated rings. The van der Waals surface area contributed by atoms with E-state index in [1.807, 2.05) is 0 Å². The van der Waals surface area contributed by atoms with Crippen LogP contribution < -0.4 is 0 Å². The standard InChI is InChI=1S/C9H19NO/c1-7(2)9-8(3)5-10(4)6-11-9/h7-9H,5-6H2,1-4H3/t8-,9-/m1/s1. The van der Waals surface area contributed by atoms with Crippen LogP contribution in [0.15, 0.2) is 0 Å². The number of hydrogen-bond acceptors (Lipinski definition) is 2. The van der Waals surface area contributed by atoms with Crippen LogP contribution in [0.4, 0.5) is 0 Å². The molecular weight excluding hydrogens is 138 g/mol. The quantitative estimate of drug-likeness (QED) is 0.573. The number of rotatable bonds is 1. The molecular formula is C9H19NO. The van der Waals surface area contributed by atoms with Crippen LogP contribution in [0.1, 0.15) is 20.8 Å². The molecule has 11 heavy (non-hydrogen) atoms. The average molecular weight is 157 g/mol. The van der Waals surface area contributed by atoms with Crippen molar-refractivity contribution in [2.45, 2.75) is 26.9 Å². The molecule has 0 aromatic heterocycles. The molecule has 0 saturated carbocycles. The van der Waals surface area contributed by atoms with E-state index in [1.54, 1.807) is 0 Å². The third-order valence-corrected chi connectivity index (χ3v) is 2.30. The Labute approximate surface area is 69.5 Å². The summed E-state index contributed by atoms with van der Waals surface area (Å²) < 4.78 is 5.69. The third-order valence-electron chi connectivity index (χ3n) is 2.30. The van der Waals surface area contributed by atoms with E-state index in [9.17, 15) is 0 Å². The van der Waals surface area contributed by atoms with Gasteiger partial charge in [0, 0.05) is 6.54 Å². The van der Waals surface area contributed by atoms with Crippen molar-refractivity contribution >= 4 is 0 Å². The van der Waals surface area contributed by atoms with Crippen LogP contribution in [0.25, 0.3) is 0 Å². The molecule has 2 atom stereocenters. The maximum atomic E-state index is 5.69. The molecule has 0 unspecified atom stereocenters. The van der Waals surface area contributed by atoms with E-state index in [1.165, 1.54) is 6.54 Å². The average Bonchev–Trinajstić information content (AvgIpc) is 1.85. The minimum absolute atomic E-state index is 0.464. The van der Waals surface area contributed by atoms with Crippen molar-refractivity contribution in [3.05, 3.63) is 0 Å². The number of ether oxygens (including phenoxy) is 1. The molecule has 1 saturated heterocycles. The fourth-order valence-corrected chi connectivity index (χ4v) is 1.88. The van der Waals surface area contributed by atoms with Gasteiger partial charge in [-0.2, -0.15) is 0 Å². The second kappa shape index (κ2) is 3.55. The zero-order valence-corrected chi connectivity index (χ0v) is 8.00. The smallest absolute Gasteiger partial charge is 0.0991 e. The van der Waals surface area contributed by atoms with Gasteiger partial charge >= 0.3 is 0 Å². The first-order chi connectivity index (χ1) is 5.11. The molecule has 1 aliphatic heterocycles. The Balaban J connectivity index is 2.44. The van der Waals surface area contributed by atoms with Gasteiger partial charge in [0.05, 0.1) is 12.8 Å². The first kappa shape index (κ1) is 9.01. The summed E-state index contributed by atoms with van der Waals surface area (Å²) in [6.45, 7) is 8.69. The van der Waals surface area contributed by atoms with E-state index in [2.05, 4.69) is 32.7 Å². The van der Waals surface area contributed by atoms with Crippen LogP contribution in [0.2, 0.25) is 0 Å². The highest BCUT2D eigenvalue weighted by Gasteiger charge is 2.26. The Morgan fingerprint density at radius 2 is 2.09 bits per heavy atom. The Bertz CT molecular complexity index is 125. The van der Waals surface area contributed by atoms with Gasteiger partial charge in [-0.05, 0) is 18.9 Å². The van der Waals surface area contributed by atoms with Crippen molar-refractivity contribution in [3.63, 3.8) is 0 Å². The van der Waals surface area contributed by atoms with Crippen molar-refractivity contribution in [1.82, 2.24) is 4.90 Å². The zero-order chi connectivity index (χ0) is 8.43. The Kier molecular flexibility index (Phi) is 2.90. The van der Waals surface area contributed by atoms with Crippen LogP contribution in [0.3, 0.4) is 0 Å². The summed E-state index contributed by atoms with van der Waals surface area (Å²) in [7, 11) is 2.10. The van der Waals surface area contributed by atoms with E-state index in [0.717, 1.165) is 6.73 Å². The van der Waals surface area contributed by atoms with E-state index in [4.69, 9.17) is 4.74 Å². The second-order valence-corrected chi connectivity index (χ2v) is 4.02. The van der Waals surface area contributed by atoms with Crippen molar-refractivity contribution in [2.75, 3.05) is 20.3 Å². The van der Waals surface area contributed by atoms with Crippen molar-refractivity contribution in [3.8, 4) is 0 Å². The van der Waals surface area contributed by atoms with Gasteiger partial charge in [-0.3, -0.25) is 4.90 Å². The molecule has 0 radical (unpaired) electrons. The molecule has 0 aromatic carbocycles. The van der Waals surface area contributed by atoms with Crippen molar-refractivity contribution in [1.29, 1.82) is 0 Å². The van der Waals surface area contributed by atoms with Gasteiger partial charge in [0.1, 0.15) is 0 Å². The van der Waals surface area contributed by atoms with E-state index < -0.39 is 0 Å². The normalized spacial score (nSPS) is 34.6. The van der Waals surface area contributed by atoms with E-state index in [-0.39, 0.29) is 0 Å². The van der Waals surface area contributed by atoms with Gasteiger partial charge in [0.25, 0.3) is 0 Å². The maximum Gasteiger partial charge on any atom is 0.0991 e. The lowest BCUT2D eigenvalue weighted by Gasteiger charge is -2.37. The van der Waals surface area contributed by atoms with Crippen molar-refractivity contribution in [2.24, 2.45) is 11.8 Å². The van der Waals surface area contributed by atoms with Crippen LogP contribution in [-0.2, 0) is 4.74 Å². The monoisotopic (exact) mass is 157 g/mol. The fraction of sp³-hybridized carbons (Fsp3) is 1.00. The molecule has 0 aliphatic carbocycles.